The van der Waals surface area contributed by atoms with Gasteiger partial charge >= 0.3 is 0 Å². The van der Waals surface area contributed by atoms with E-state index in [1.807, 2.05) is 24.3 Å². The monoisotopic (exact) mass is 376 g/mol. The van der Waals surface area contributed by atoms with Gasteiger partial charge in [-0.15, -0.1) is 17.5 Å². The third-order valence-corrected chi connectivity index (χ3v) is 5.81. The molecule has 0 bridgehead atoms. The maximum absolute atomic E-state index is 12.2. The Hall–Kier alpha value is -2.15. The van der Waals surface area contributed by atoms with Crippen LogP contribution in [-0.4, -0.2) is 39.1 Å². The number of aromatic nitrogens is 4. The van der Waals surface area contributed by atoms with E-state index in [1.165, 1.54) is 32.1 Å². The number of rotatable bonds is 4. The number of primary amides is 1. The molecule has 7 nitrogen and oxygen atoms in total. The summed E-state index contributed by atoms with van der Waals surface area (Å²) in [6.07, 6.45) is 7.41. The molecule has 0 spiro atoms. The van der Waals surface area contributed by atoms with Crippen LogP contribution in [0.25, 0.3) is 11.4 Å². The molecule has 3 N–H and O–H groups in total. The predicted molar refractivity (Wildman–Crippen MR) is 102 cm³/mol. The van der Waals surface area contributed by atoms with Crippen molar-refractivity contribution in [1.82, 2.24) is 20.6 Å². The second kappa shape index (κ2) is 8.03. The molecule has 2 heterocycles. The first-order valence-electron chi connectivity index (χ1n) is 9.14. The number of anilines is 1. The maximum Gasteiger partial charge on any atom is 0.240 e. The predicted octanol–water partition coefficient (Wildman–Crippen LogP) is 2.55. The Morgan fingerprint density at radius 3 is 2.46 bits per heavy atom. The van der Waals surface area contributed by atoms with Crippen LogP contribution in [0.3, 0.4) is 0 Å². The van der Waals surface area contributed by atoms with Gasteiger partial charge in [0, 0.05) is 17.8 Å². The van der Waals surface area contributed by atoms with Gasteiger partial charge in [-0.1, -0.05) is 32.1 Å². The summed E-state index contributed by atoms with van der Waals surface area (Å²) in [5.74, 6) is 1.46. The minimum atomic E-state index is -0.198. The number of aromatic amines is 1. The van der Waals surface area contributed by atoms with E-state index in [4.69, 9.17) is 5.73 Å². The molecule has 1 aliphatic heterocycles. The van der Waals surface area contributed by atoms with Gasteiger partial charge < -0.3 is 10.6 Å². The van der Waals surface area contributed by atoms with Gasteiger partial charge in [0.2, 0.25) is 5.91 Å². The van der Waals surface area contributed by atoms with Crippen molar-refractivity contribution in [2.45, 2.75) is 44.6 Å². The van der Waals surface area contributed by atoms with Crippen molar-refractivity contribution >= 4 is 24.0 Å². The lowest BCUT2D eigenvalue weighted by atomic mass is 9.76. The Bertz CT molecular complexity index is 714. The first-order chi connectivity index (χ1) is 12.2. The summed E-state index contributed by atoms with van der Waals surface area (Å²) in [7, 11) is 0. The molecular formula is C18H25ClN6O. The number of benzene rings is 1. The van der Waals surface area contributed by atoms with Crippen LogP contribution in [0.5, 0.6) is 0 Å². The van der Waals surface area contributed by atoms with Crippen molar-refractivity contribution in [1.29, 1.82) is 0 Å². The van der Waals surface area contributed by atoms with E-state index in [-0.39, 0.29) is 24.4 Å². The molecule has 1 aromatic heterocycles. The van der Waals surface area contributed by atoms with Crippen molar-refractivity contribution in [3.05, 3.63) is 24.3 Å². The van der Waals surface area contributed by atoms with Gasteiger partial charge in [-0.05, 0) is 52.9 Å². The zero-order chi connectivity index (χ0) is 17.2. The molecule has 1 amide bonds. The summed E-state index contributed by atoms with van der Waals surface area (Å²) < 4.78 is 0. The highest BCUT2D eigenvalue weighted by atomic mass is 35.5. The standard InChI is InChI=1S/C18H24N6O.ClH/c19-17(25)16-15(12-4-2-1-3-5-12)10-11-24(16)14-8-6-13(7-9-14)18-20-22-23-21-18;/h6-9,12,15-16H,1-5,10-11H2,(H2,19,25)(H,20,21,22,23);1H/t15-,16-;/m0./s1. The molecule has 2 aromatic rings. The summed E-state index contributed by atoms with van der Waals surface area (Å²) in [6.45, 7) is 0.887. The minimum Gasteiger partial charge on any atom is -0.368 e. The van der Waals surface area contributed by atoms with Gasteiger partial charge in [-0.25, -0.2) is 5.10 Å². The van der Waals surface area contributed by atoms with E-state index in [1.54, 1.807) is 0 Å². The molecule has 26 heavy (non-hydrogen) atoms. The van der Waals surface area contributed by atoms with Crippen LogP contribution in [0, 0.1) is 11.8 Å². The molecule has 2 fully saturated rings. The summed E-state index contributed by atoms with van der Waals surface area (Å²) >= 11 is 0. The van der Waals surface area contributed by atoms with Crippen molar-refractivity contribution in [2.75, 3.05) is 11.4 Å². The van der Waals surface area contributed by atoms with Gasteiger partial charge in [-0.2, -0.15) is 0 Å². The van der Waals surface area contributed by atoms with Crippen molar-refractivity contribution in [2.24, 2.45) is 17.6 Å². The van der Waals surface area contributed by atoms with Gasteiger partial charge in [-0.3, -0.25) is 4.79 Å². The van der Waals surface area contributed by atoms with Crippen molar-refractivity contribution in [3.8, 4) is 11.4 Å². The molecular weight excluding hydrogens is 352 g/mol. The Labute approximate surface area is 159 Å². The number of amides is 1. The van der Waals surface area contributed by atoms with E-state index in [0.29, 0.717) is 17.7 Å². The fourth-order valence-electron chi connectivity index (χ4n) is 4.62. The number of hydrogen-bond donors (Lipinski definition) is 2. The highest BCUT2D eigenvalue weighted by Crippen LogP contribution is 2.40. The van der Waals surface area contributed by atoms with Crippen LogP contribution in [0.15, 0.2) is 24.3 Å². The quantitative estimate of drug-likeness (QED) is 0.853. The molecule has 1 saturated heterocycles. The molecule has 4 rings (SSSR count). The summed E-state index contributed by atoms with van der Waals surface area (Å²) in [4.78, 5) is 14.4. The van der Waals surface area contributed by atoms with Gasteiger partial charge in [0.25, 0.3) is 0 Å². The SMILES string of the molecule is Cl.NC(=O)[C@@H]1[C@H](C2CCCCC2)CCN1c1ccc(-c2nnn[nH]2)cc1. The highest BCUT2D eigenvalue weighted by Gasteiger charge is 2.42. The Morgan fingerprint density at radius 2 is 1.85 bits per heavy atom. The molecule has 1 saturated carbocycles. The van der Waals surface area contributed by atoms with Crippen LogP contribution >= 0.6 is 12.4 Å². The van der Waals surface area contributed by atoms with Crippen LogP contribution in [0.1, 0.15) is 38.5 Å². The van der Waals surface area contributed by atoms with Crippen molar-refractivity contribution < 1.29 is 4.79 Å². The Morgan fingerprint density at radius 1 is 1.12 bits per heavy atom. The number of halogens is 1. The van der Waals surface area contributed by atoms with E-state index in [2.05, 4.69) is 25.5 Å². The molecule has 2 atom stereocenters. The number of tetrazole rings is 1. The lowest BCUT2D eigenvalue weighted by Gasteiger charge is -2.33. The molecule has 140 valence electrons. The van der Waals surface area contributed by atoms with E-state index in [0.717, 1.165) is 24.2 Å². The number of hydrogen-bond acceptors (Lipinski definition) is 5. The van der Waals surface area contributed by atoms with Gasteiger partial charge in [0.15, 0.2) is 5.82 Å². The van der Waals surface area contributed by atoms with Crippen LogP contribution in [0.2, 0.25) is 0 Å². The summed E-state index contributed by atoms with van der Waals surface area (Å²) in [5.41, 5.74) is 7.78. The smallest absolute Gasteiger partial charge is 0.240 e. The highest BCUT2D eigenvalue weighted by molar-refractivity contribution is 5.85. The fraction of sp³-hybridized carbons (Fsp3) is 0.556. The lowest BCUT2D eigenvalue weighted by molar-refractivity contribution is -0.120. The number of carbonyl (C=O) groups is 1. The number of nitrogens with one attached hydrogen (secondary N) is 1. The third kappa shape index (κ3) is 3.53. The number of nitrogens with zero attached hydrogens (tertiary/aromatic N) is 4. The first kappa shape index (κ1) is 18.6. The number of nitrogens with two attached hydrogens (primary N) is 1. The van der Waals surface area contributed by atoms with Crippen molar-refractivity contribution in [3.63, 3.8) is 0 Å². The second-order valence-electron chi connectivity index (χ2n) is 7.19. The summed E-state index contributed by atoms with van der Waals surface area (Å²) in [5, 5.41) is 13.9. The molecule has 1 aromatic carbocycles. The minimum absolute atomic E-state index is 0. The topological polar surface area (TPSA) is 101 Å². The average molecular weight is 377 g/mol. The average Bonchev–Trinajstić information content (AvgIpc) is 3.32. The molecule has 1 aliphatic carbocycles. The van der Waals surface area contributed by atoms with Crippen LogP contribution in [-0.2, 0) is 4.79 Å². The van der Waals surface area contributed by atoms with Crippen LogP contribution in [0.4, 0.5) is 5.69 Å². The second-order valence-corrected chi connectivity index (χ2v) is 7.19. The number of carbonyl (C=O) groups excluding carboxylic acids is 1. The van der Waals surface area contributed by atoms with Crippen LogP contribution < -0.4 is 10.6 Å². The first-order valence-corrected chi connectivity index (χ1v) is 9.14. The van der Waals surface area contributed by atoms with E-state index < -0.39 is 0 Å². The van der Waals surface area contributed by atoms with Gasteiger partial charge in [0.05, 0.1) is 0 Å². The zero-order valence-corrected chi connectivity index (χ0v) is 15.5. The Kier molecular flexibility index (Phi) is 5.76. The number of H-pyrrole nitrogens is 1. The third-order valence-electron chi connectivity index (χ3n) is 5.81. The normalized spacial score (nSPS) is 23.6. The van der Waals surface area contributed by atoms with E-state index in [9.17, 15) is 4.79 Å². The molecule has 0 radical (unpaired) electrons. The zero-order valence-electron chi connectivity index (χ0n) is 14.7. The lowest BCUT2D eigenvalue weighted by Crippen LogP contribution is -2.45. The maximum atomic E-state index is 12.2. The largest absolute Gasteiger partial charge is 0.368 e. The molecule has 8 heteroatoms. The summed E-state index contributed by atoms with van der Waals surface area (Å²) in [6, 6.07) is 7.81. The molecule has 0 unspecified atom stereocenters. The fourth-order valence-corrected chi connectivity index (χ4v) is 4.62. The Balaban J connectivity index is 0.00000196. The van der Waals surface area contributed by atoms with Gasteiger partial charge in [0.1, 0.15) is 6.04 Å². The molecule has 2 aliphatic rings. The van der Waals surface area contributed by atoms with E-state index >= 15 is 0 Å².